The molecule has 0 aromatic heterocycles. The Morgan fingerprint density at radius 3 is 1.14 bits per heavy atom. The van der Waals surface area contributed by atoms with Gasteiger partial charge in [0, 0.05) is 91.2 Å². The summed E-state index contributed by atoms with van der Waals surface area (Å²) in [5.74, 6) is -0.393. The topological polar surface area (TPSA) is 405 Å². The van der Waals surface area contributed by atoms with Gasteiger partial charge in [0.15, 0.2) is 25.2 Å². The van der Waals surface area contributed by atoms with Gasteiger partial charge in [0.05, 0.1) is 44.2 Å². The lowest BCUT2D eigenvalue weighted by molar-refractivity contribution is -0.339. The third-order valence-corrected chi connectivity index (χ3v) is 19.7. The van der Waals surface area contributed by atoms with E-state index >= 15 is 0 Å². The fourth-order valence-corrected chi connectivity index (χ4v) is 13.3. The van der Waals surface area contributed by atoms with Crippen LogP contribution in [0.25, 0.3) is 0 Å². The third-order valence-electron chi connectivity index (χ3n) is 19.7. The molecule has 0 bridgehead atoms. The average Bonchev–Trinajstić information content (AvgIpc) is 0.795. The van der Waals surface area contributed by atoms with Crippen molar-refractivity contribution in [2.24, 2.45) is 5.41 Å². The zero-order valence-corrected chi connectivity index (χ0v) is 61.3. The fraction of sp³-hybridized carbons (Fsp3) is 0.917. The molecule has 4 heterocycles. The van der Waals surface area contributed by atoms with Gasteiger partial charge in [-0.1, -0.05) is 90.4 Å². The molecule has 0 aromatic carbocycles. The Morgan fingerprint density at radius 2 is 0.750 bits per heavy atom. The van der Waals surface area contributed by atoms with Crippen molar-refractivity contribution in [1.82, 2.24) is 21.3 Å². The van der Waals surface area contributed by atoms with Gasteiger partial charge in [-0.2, -0.15) is 0 Å². The molecular formula is C72H130N4O24. The Bertz CT molecular complexity index is 2150. The maximum Gasteiger partial charge on any atom is 0.222 e. The minimum absolute atomic E-state index is 0.0446. The Morgan fingerprint density at radius 1 is 0.390 bits per heavy atom. The van der Waals surface area contributed by atoms with Gasteiger partial charge in [-0.25, -0.2) is 0 Å². The molecule has 21 atom stereocenters. The molecular weight excluding hydrogens is 1300 g/mol. The lowest BCUT2D eigenvalue weighted by Crippen LogP contribution is -2.66. The summed E-state index contributed by atoms with van der Waals surface area (Å²) in [6.07, 6.45) is 3.13. The van der Waals surface area contributed by atoms with Gasteiger partial charge in [-0.15, -0.1) is 0 Å². The van der Waals surface area contributed by atoms with Crippen molar-refractivity contribution in [2.75, 3.05) is 53.2 Å². The number of aliphatic hydroxyl groups excluding tert-OH is 8. The first kappa shape index (κ1) is 88.9. The smallest absolute Gasteiger partial charge is 0.222 e. The van der Waals surface area contributed by atoms with E-state index in [0.717, 1.165) is 141 Å². The second-order valence-corrected chi connectivity index (χ2v) is 28.3. The molecule has 4 aliphatic rings. The molecule has 0 aromatic rings. The number of carbonyl (C=O) groups excluding carboxylic acids is 6. The van der Waals surface area contributed by atoms with Gasteiger partial charge in [0.2, 0.25) is 23.6 Å². The maximum absolute atomic E-state index is 12.6. The molecule has 4 aliphatic heterocycles. The molecule has 0 aliphatic carbocycles. The number of Topliss-reactive ketones (excluding diaryl/α,β-unsaturated/α-hetero) is 2. The summed E-state index contributed by atoms with van der Waals surface area (Å²) in [7, 11) is 1.68. The van der Waals surface area contributed by atoms with Crippen LogP contribution in [-0.4, -0.2) is 252 Å². The van der Waals surface area contributed by atoms with Crippen molar-refractivity contribution < 1.29 is 117 Å². The molecule has 4 amide bonds. The van der Waals surface area contributed by atoms with Crippen LogP contribution in [0, 0.1) is 5.41 Å². The first-order valence-electron chi connectivity index (χ1n) is 37.6. The van der Waals surface area contributed by atoms with E-state index in [1.807, 2.05) is 0 Å². The SMILES string of the molecule is CC[C@@](CCCCC(=O)NCCCCCCCC(=O)CCCCCCCOC1OC(C)C(OC2OC(C)C(O)C(O)C2NC(C)=O)C(O)C1O)(COC)COCCC(=O)NCCCCCCCC(=O)CCCCCCCOC1OC(C)C(OC2OC(C)C(O)C(O)C2NC(C)=O)C(O)C1O. The normalized spacial score (nSPS) is 30.7. The summed E-state index contributed by atoms with van der Waals surface area (Å²) >= 11 is 0. The van der Waals surface area contributed by atoms with Gasteiger partial charge < -0.3 is 109 Å². The molecule has 100 heavy (non-hydrogen) atoms. The highest BCUT2D eigenvalue weighted by Crippen LogP contribution is 2.34. The maximum atomic E-state index is 12.6. The zero-order valence-electron chi connectivity index (χ0n) is 61.3. The third kappa shape index (κ3) is 32.5. The first-order chi connectivity index (χ1) is 47.8. The molecule has 4 fully saturated rings. The number of methoxy groups -OCH3 is 1. The monoisotopic (exact) mass is 1430 g/mol. The largest absolute Gasteiger partial charge is 0.388 e. The van der Waals surface area contributed by atoms with Crippen LogP contribution in [0.2, 0.25) is 0 Å². The summed E-state index contributed by atoms with van der Waals surface area (Å²) in [5.41, 5.74) is -0.201. The summed E-state index contributed by atoms with van der Waals surface area (Å²) in [4.78, 5) is 73.8. The zero-order chi connectivity index (χ0) is 73.6. The van der Waals surface area contributed by atoms with Crippen molar-refractivity contribution in [1.29, 1.82) is 0 Å². The Labute approximate surface area is 593 Å². The predicted octanol–water partition coefficient (Wildman–Crippen LogP) is 4.41. The van der Waals surface area contributed by atoms with Crippen LogP contribution in [0.15, 0.2) is 0 Å². The number of aliphatic hydroxyl groups is 8. The quantitative estimate of drug-likeness (QED) is 0.0375. The number of nitrogens with one attached hydrogen (secondary N) is 4. The van der Waals surface area contributed by atoms with Crippen LogP contribution in [0.4, 0.5) is 0 Å². The number of hydrogen-bond donors (Lipinski definition) is 12. The Balaban J connectivity index is 0.892. The second kappa shape index (κ2) is 49.3. The number of unbranched alkanes of at least 4 members (excludes halogenated alkanes) is 17. The number of ether oxygens (including phenoxy) is 10. The number of carbonyl (C=O) groups is 6. The molecule has 0 spiro atoms. The van der Waals surface area contributed by atoms with E-state index < -0.39 is 135 Å². The predicted molar refractivity (Wildman–Crippen MR) is 368 cm³/mol. The summed E-state index contributed by atoms with van der Waals surface area (Å²) in [6, 6.07) is -2.24. The van der Waals surface area contributed by atoms with Crippen molar-refractivity contribution >= 4 is 35.2 Å². The van der Waals surface area contributed by atoms with Crippen LogP contribution in [0.1, 0.15) is 241 Å². The molecule has 20 unspecified atom stereocenters. The standard InChI is InChI=1S/C72H130N4O24/c1-9-72(44-91-8,38-27-26-36-54(81)73-39-28-18-10-14-22-32-52(79)34-24-16-12-20-30-41-93-70-64(89)62(87)66(48(4)97-70)99-68-56(75-50(6)77)60(85)58(83)46(2)95-68)45-92-43-37-55(82)74-40-29-19-11-15-23-33-53(80)35-25-17-13-21-31-42-94-71-65(90)63(88)67(49(5)98-71)100-69-57(76-51(7)78)61(86)59(84)47(3)96-69/h46-49,56-71,83-90H,9-45H2,1-8H3,(H,73,81)(H,74,82)(H,75,77)(H,76,78)/t46?,47?,48?,49?,56?,57?,58?,59?,60?,61?,62?,63?,64?,65?,66?,67?,68?,69?,70?,71?,72-/m1/s1. The summed E-state index contributed by atoms with van der Waals surface area (Å²) in [6.45, 7) is 14.1. The van der Waals surface area contributed by atoms with Gasteiger partial charge in [0.1, 0.15) is 84.7 Å². The molecule has 0 radical (unpaired) electrons. The highest BCUT2D eigenvalue weighted by atomic mass is 16.7. The molecule has 582 valence electrons. The fourth-order valence-electron chi connectivity index (χ4n) is 13.3. The van der Waals surface area contributed by atoms with Crippen LogP contribution >= 0.6 is 0 Å². The van der Waals surface area contributed by atoms with E-state index in [1.165, 1.54) is 13.8 Å². The van der Waals surface area contributed by atoms with Gasteiger partial charge in [0.25, 0.3) is 0 Å². The summed E-state index contributed by atoms with van der Waals surface area (Å²) < 4.78 is 58.2. The van der Waals surface area contributed by atoms with E-state index in [0.29, 0.717) is 91.1 Å². The molecule has 0 saturated carbocycles. The number of ketones is 2. The molecule has 28 nitrogen and oxygen atoms in total. The molecule has 12 N–H and O–H groups in total. The van der Waals surface area contributed by atoms with Gasteiger partial charge in [-0.05, 0) is 98.3 Å². The Hall–Kier alpha value is -3.50. The first-order valence-corrected chi connectivity index (χ1v) is 37.6. The van der Waals surface area contributed by atoms with Gasteiger partial charge >= 0.3 is 0 Å². The minimum Gasteiger partial charge on any atom is -0.388 e. The second-order valence-electron chi connectivity index (χ2n) is 28.3. The minimum atomic E-state index is -1.44. The molecule has 28 heteroatoms. The van der Waals surface area contributed by atoms with Crippen molar-refractivity contribution in [3.05, 3.63) is 0 Å². The highest BCUT2D eigenvalue weighted by molar-refractivity contribution is 5.79. The van der Waals surface area contributed by atoms with E-state index in [-0.39, 0.29) is 35.2 Å². The molecule has 4 saturated heterocycles. The van der Waals surface area contributed by atoms with Crippen LogP contribution < -0.4 is 21.3 Å². The number of amides is 4. The molecule has 4 rings (SSSR count). The lowest BCUT2D eigenvalue weighted by Gasteiger charge is -2.46. The van der Waals surface area contributed by atoms with E-state index in [9.17, 15) is 69.6 Å². The van der Waals surface area contributed by atoms with Crippen molar-refractivity contribution in [2.45, 2.75) is 364 Å². The van der Waals surface area contributed by atoms with Crippen molar-refractivity contribution in [3.8, 4) is 0 Å². The Kier molecular flexibility index (Phi) is 43.8. The van der Waals surface area contributed by atoms with E-state index in [4.69, 9.17) is 47.4 Å². The summed E-state index contributed by atoms with van der Waals surface area (Å²) in [5, 5.41) is 96.3. The number of rotatable bonds is 53. The van der Waals surface area contributed by atoms with Crippen LogP contribution in [-0.2, 0) is 76.1 Å². The highest BCUT2D eigenvalue weighted by Gasteiger charge is 2.52. The number of hydrogen-bond acceptors (Lipinski definition) is 24. The van der Waals surface area contributed by atoms with E-state index in [1.54, 1.807) is 34.8 Å². The van der Waals surface area contributed by atoms with Crippen LogP contribution in [0.5, 0.6) is 0 Å². The van der Waals surface area contributed by atoms with E-state index in [2.05, 4.69) is 28.2 Å². The van der Waals surface area contributed by atoms with Crippen molar-refractivity contribution in [3.63, 3.8) is 0 Å². The van der Waals surface area contributed by atoms with Gasteiger partial charge in [-0.3, -0.25) is 28.8 Å². The van der Waals surface area contributed by atoms with Crippen LogP contribution in [0.3, 0.4) is 0 Å². The average molecular weight is 1440 g/mol. The lowest BCUT2D eigenvalue weighted by atomic mass is 9.81.